The molecule has 0 fully saturated rings. The Balaban J connectivity index is 1.69. The van der Waals surface area contributed by atoms with E-state index in [9.17, 15) is 4.79 Å². The summed E-state index contributed by atoms with van der Waals surface area (Å²) in [7, 11) is 1.62. The first-order valence-corrected chi connectivity index (χ1v) is 9.20. The monoisotopic (exact) mass is 384 g/mol. The van der Waals surface area contributed by atoms with Crippen LogP contribution < -0.4 is 10.1 Å². The smallest absolute Gasteiger partial charge is 0.259 e. The van der Waals surface area contributed by atoms with Gasteiger partial charge in [0, 0.05) is 18.0 Å². The second-order valence-electron chi connectivity index (χ2n) is 6.50. The highest BCUT2D eigenvalue weighted by atomic mass is 16.5. The van der Waals surface area contributed by atoms with Gasteiger partial charge in [0.25, 0.3) is 5.91 Å². The molecule has 0 atom stereocenters. The Bertz CT molecular complexity index is 1090. The molecule has 2 aromatic heterocycles. The number of rotatable bonds is 6. The maximum atomic E-state index is 13.0. The topological polar surface area (TPSA) is 69.0 Å². The molecule has 6 heteroatoms. The molecule has 1 amide bonds. The van der Waals surface area contributed by atoms with E-state index in [1.807, 2.05) is 54.6 Å². The van der Waals surface area contributed by atoms with Gasteiger partial charge in [0.1, 0.15) is 11.4 Å². The standard InChI is InChI=1S/C23H20N4O2/c1-29-20-11-9-18(10-12-20)22-21(23(28)25-19-8-5-13-24-14-19)16-27(26-22)15-17-6-3-2-4-7-17/h2-14,16H,15H2,1H3,(H,25,28). The van der Waals surface area contributed by atoms with E-state index < -0.39 is 0 Å². The molecule has 4 aromatic rings. The lowest BCUT2D eigenvalue weighted by Crippen LogP contribution is -2.12. The van der Waals surface area contributed by atoms with Crippen LogP contribution in [-0.4, -0.2) is 27.8 Å². The van der Waals surface area contributed by atoms with Gasteiger partial charge < -0.3 is 10.1 Å². The van der Waals surface area contributed by atoms with Crippen molar-refractivity contribution in [3.8, 4) is 17.0 Å². The molecule has 0 saturated heterocycles. The Labute approximate surface area is 168 Å². The number of aromatic nitrogens is 3. The van der Waals surface area contributed by atoms with Gasteiger partial charge in [-0.1, -0.05) is 30.3 Å². The number of nitrogens with zero attached hydrogens (tertiary/aromatic N) is 3. The number of methoxy groups -OCH3 is 1. The number of carbonyl (C=O) groups excluding carboxylic acids is 1. The minimum atomic E-state index is -0.233. The molecule has 0 unspecified atom stereocenters. The average molecular weight is 384 g/mol. The van der Waals surface area contributed by atoms with Gasteiger partial charge >= 0.3 is 0 Å². The van der Waals surface area contributed by atoms with Crippen LogP contribution in [0.4, 0.5) is 5.69 Å². The van der Waals surface area contributed by atoms with Gasteiger partial charge in [0.05, 0.1) is 31.1 Å². The fourth-order valence-electron chi connectivity index (χ4n) is 3.04. The molecular formula is C23H20N4O2. The van der Waals surface area contributed by atoms with Gasteiger partial charge in [0.2, 0.25) is 0 Å². The van der Waals surface area contributed by atoms with Crippen LogP contribution in [0.25, 0.3) is 11.3 Å². The first kappa shape index (κ1) is 18.4. The van der Waals surface area contributed by atoms with Crippen LogP contribution in [0.1, 0.15) is 15.9 Å². The lowest BCUT2D eigenvalue weighted by atomic mass is 10.1. The normalized spacial score (nSPS) is 10.5. The third-order valence-corrected chi connectivity index (χ3v) is 4.48. The zero-order valence-electron chi connectivity index (χ0n) is 15.9. The number of hydrogen-bond donors (Lipinski definition) is 1. The van der Waals surface area contributed by atoms with Crippen LogP contribution in [0.3, 0.4) is 0 Å². The molecule has 144 valence electrons. The summed E-state index contributed by atoms with van der Waals surface area (Å²) in [4.78, 5) is 17.0. The second kappa shape index (κ2) is 8.39. The summed E-state index contributed by atoms with van der Waals surface area (Å²) >= 11 is 0. The van der Waals surface area contributed by atoms with E-state index in [4.69, 9.17) is 9.84 Å². The average Bonchev–Trinajstić information content (AvgIpc) is 3.19. The summed E-state index contributed by atoms with van der Waals surface area (Å²) in [6.45, 7) is 0.574. The Hall–Kier alpha value is -3.93. The van der Waals surface area contributed by atoms with Gasteiger partial charge in [-0.3, -0.25) is 14.5 Å². The summed E-state index contributed by atoms with van der Waals surface area (Å²) in [6, 6.07) is 21.1. The zero-order chi connectivity index (χ0) is 20.1. The molecule has 0 radical (unpaired) electrons. The number of pyridine rings is 1. The van der Waals surface area contributed by atoms with E-state index >= 15 is 0 Å². The number of benzene rings is 2. The number of carbonyl (C=O) groups is 1. The van der Waals surface area contributed by atoms with Crippen LogP contribution in [0.5, 0.6) is 5.75 Å². The van der Waals surface area contributed by atoms with Crippen molar-refractivity contribution in [2.75, 3.05) is 12.4 Å². The Morgan fingerprint density at radius 2 is 1.83 bits per heavy atom. The number of anilines is 1. The Kier molecular flexibility index (Phi) is 5.33. The van der Waals surface area contributed by atoms with E-state index in [1.165, 1.54) is 0 Å². The third-order valence-electron chi connectivity index (χ3n) is 4.48. The summed E-state index contributed by atoms with van der Waals surface area (Å²) < 4.78 is 7.02. The van der Waals surface area contributed by atoms with Crippen molar-refractivity contribution < 1.29 is 9.53 Å². The molecule has 29 heavy (non-hydrogen) atoms. The van der Waals surface area contributed by atoms with E-state index in [0.29, 0.717) is 23.5 Å². The van der Waals surface area contributed by atoms with Crippen molar-refractivity contribution in [1.29, 1.82) is 0 Å². The second-order valence-corrected chi connectivity index (χ2v) is 6.50. The summed E-state index contributed by atoms with van der Waals surface area (Å²) in [5.74, 6) is 0.516. The predicted octanol–water partition coefficient (Wildman–Crippen LogP) is 4.25. The number of nitrogens with one attached hydrogen (secondary N) is 1. The number of hydrogen-bond acceptors (Lipinski definition) is 4. The lowest BCUT2D eigenvalue weighted by molar-refractivity contribution is 0.102. The van der Waals surface area contributed by atoms with Crippen molar-refractivity contribution in [1.82, 2.24) is 14.8 Å². The molecular weight excluding hydrogens is 364 g/mol. The summed E-state index contributed by atoms with van der Waals surface area (Å²) in [5.41, 5.74) is 3.69. The van der Waals surface area contributed by atoms with Crippen LogP contribution >= 0.6 is 0 Å². The Morgan fingerprint density at radius 3 is 2.52 bits per heavy atom. The van der Waals surface area contributed by atoms with Crippen molar-refractivity contribution in [2.24, 2.45) is 0 Å². The van der Waals surface area contributed by atoms with E-state index in [2.05, 4.69) is 10.3 Å². The highest BCUT2D eigenvalue weighted by Crippen LogP contribution is 2.25. The quantitative estimate of drug-likeness (QED) is 0.539. The maximum Gasteiger partial charge on any atom is 0.259 e. The van der Waals surface area contributed by atoms with Gasteiger partial charge in [-0.05, 0) is 42.0 Å². The van der Waals surface area contributed by atoms with Crippen molar-refractivity contribution in [3.05, 3.63) is 96.4 Å². The Morgan fingerprint density at radius 1 is 1.03 bits per heavy atom. The SMILES string of the molecule is COc1ccc(-c2nn(Cc3ccccc3)cc2C(=O)Nc2cccnc2)cc1. The lowest BCUT2D eigenvalue weighted by Gasteiger charge is -2.05. The minimum absolute atomic E-state index is 0.233. The van der Waals surface area contributed by atoms with Crippen molar-refractivity contribution in [3.63, 3.8) is 0 Å². The molecule has 0 saturated carbocycles. The highest BCUT2D eigenvalue weighted by molar-refractivity contribution is 6.08. The molecule has 2 heterocycles. The fourth-order valence-corrected chi connectivity index (χ4v) is 3.04. The third kappa shape index (κ3) is 4.32. The van der Waals surface area contributed by atoms with Gasteiger partial charge in [-0.15, -0.1) is 0 Å². The molecule has 2 aromatic carbocycles. The van der Waals surface area contributed by atoms with Crippen LogP contribution in [0, 0.1) is 0 Å². The molecule has 0 spiro atoms. The zero-order valence-corrected chi connectivity index (χ0v) is 15.9. The first-order chi connectivity index (χ1) is 14.2. The summed E-state index contributed by atoms with van der Waals surface area (Å²) in [5, 5.41) is 7.58. The molecule has 6 nitrogen and oxygen atoms in total. The van der Waals surface area contributed by atoms with Crippen molar-refractivity contribution >= 4 is 11.6 Å². The van der Waals surface area contributed by atoms with Gasteiger partial charge in [0.15, 0.2) is 0 Å². The molecule has 1 N–H and O–H groups in total. The van der Waals surface area contributed by atoms with E-state index in [1.54, 1.807) is 42.5 Å². The highest BCUT2D eigenvalue weighted by Gasteiger charge is 2.18. The predicted molar refractivity (Wildman–Crippen MR) is 112 cm³/mol. The fraction of sp³-hybridized carbons (Fsp3) is 0.0870. The van der Waals surface area contributed by atoms with Crippen molar-refractivity contribution in [2.45, 2.75) is 6.54 Å². The van der Waals surface area contributed by atoms with E-state index in [-0.39, 0.29) is 5.91 Å². The molecule has 0 aliphatic rings. The number of ether oxygens (including phenoxy) is 1. The molecule has 4 rings (SSSR count). The minimum Gasteiger partial charge on any atom is -0.497 e. The first-order valence-electron chi connectivity index (χ1n) is 9.20. The van der Waals surface area contributed by atoms with Crippen LogP contribution in [-0.2, 0) is 6.54 Å². The van der Waals surface area contributed by atoms with Crippen LogP contribution in [0.2, 0.25) is 0 Å². The molecule has 0 aliphatic heterocycles. The summed E-state index contributed by atoms with van der Waals surface area (Å²) in [6.07, 6.45) is 5.05. The van der Waals surface area contributed by atoms with Crippen LogP contribution in [0.15, 0.2) is 85.3 Å². The largest absolute Gasteiger partial charge is 0.497 e. The van der Waals surface area contributed by atoms with Gasteiger partial charge in [-0.25, -0.2) is 0 Å². The van der Waals surface area contributed by atoms with E-state index in [0.717, 1.165) is 16.9 Å². The number of amides is 1. The molecule has 0 aliphatic carbocycles. The molecule has 0 bridgehead atoms. The maximum absolute atomic E-state index is 13.0. The van der Waals surface area contributed by atoms with Gasteiger partial charge in [-0.2, -0.15) is 5.10 Å².